The molecule has 1 amide bonds. The Labute approximate surface area is 147 Å². The van der Waals surface area contributed by atoms with E-state index in [1.54, 1.807) is 31.3 Å². The molecule has 0 aliphatic heterocycles. The number of carbonyl (C=O) groups is 2. The fourth-order valence-electron chi connectivity index (χ4n) is 2.02. The van der Waals surface area contributed by atoms with Gasteiger partial charge < -0.3 is 19.2 Å². The second-order valence-corrected chi connectivity index (χ2v) is 6.17. The molecule has 2 rings (SSSR count). The number of nitro benzene ring substituents is 1. The van der Waals surface area contributed by atoms with E-state index in [4.69, 9.17) is 4.42 Å². The van der Waals surface area contributed by atoms with E-state index in [1.165, 1.54) is 17.0 Å². The van der Waals surface area contributed by atoms with Crippen LogP contribution in [0.5, 0.6) is 0 Å². The van der Waals surface area contributed by atoms with Crippen LogP contribution in [0.2, 0.25) is 0 Å². The molecule has 25 heavy (non-hydrogen) atoms. The molecule has 8 nitrogen and oxygen atoms in total. The lowest BCUT2D eigenvalue weighted by Gasteiger charge is -2.15. The third kappa shape index (κ3) is 5.35. The molecule has 2 aromatic rings. The zero-order valence-electron chi connectivity index (χ0n) is 13.3. The summed E-state index contributed by atoms with van der Waals surface area (Å²) in [5.41, 5.74) is 0.685. The van der Waals surface area contributed by atoms with Crippen molar-refractivity contribution in [1.29, 1.82) is 0 Å². The van der Waals surface area contributed by atoms with Crippen molar-refractivity contribution < 1.29 is 24.0 Å². The zero-order chi connectivity index (χ0) is 18.4. The third-order valence-electron chi connectivity index (χ3n) is 3.29. The van der Waals surface area contributed by atoms with Crippen molar-refractivity contribution >= 4 is 29.3 Å². The monoisotopic (exact) mass is 363 g/mol. The predicted octanol–water partition coefficient (Wildman–Crippen LogP) is 1.30. The van der Waals surface area contributed by atoms with Crippen LogP contribution < -0.4 is 5.11 Å². The lowest BCUT2D eigenvalue weighted by molar-refractivity contribution is -0.384. The smallest absolute Gasteiger partial charge is 0.269 e. The van der Waals surface area contributed by atoms with E-state index in [9.17, 15) is 24.8 Å². The number of furan rings is 1. The summed E-state index contributed by atoms with van der Waals surface area (Å²) in [6, 6.07) is 9.40. The highest BCUT2D eigenvalue weighted by atomic mass is 32.2. The van der Waals surface area contributed by atoms with E-state index in [1.807, 2.05) is 0 Å². The number of non-ortho nitro benzene ring substituents is 1. The SMILES string of the molecule is CN(Cc1ccc(-c2ccc([N+](=O)[O-])cc2)o1)C(=O)CSCC(=O)[O-]. The Hall–Kier alpha value is -2.81. The number of carbonyl (C=O) groups excluding carboxylic acids is 2. The Morgan fingerprint density at radius 2 is 1.84 bits per heavy atom. The minimum absolute atomic E-state index is 0.00470. The van der Waals surface area contributed by atoms with Crippen molar-refractivity contribution in [2.45, 2.75) is 6.54 Å². The minimum atomic E-state index is -1.21. The average Bonchev–Trinajstić information content (AvgIpc) is 3.03. The summed E-state index contributed by atoms with van der Waals surface area (Å²) < 4.78 is 5.66. The fourth-order valence-corrected chi connectivity index (χ4v) is 2.68. The van der Waals surface area contributed by atoms with Crippen LogP contribution in [-0.4, -0.2) is 40.3 Å². The minimum Gasteiger partial charge on any atom is -0.549 e. The third-order valence-corrected chi connectivity index (χ3v) is 4.18. The van der Waals surface area contributed by atoms with Gasteiger partial charge in [0.05, 0.1) is 23.2 Å². The number of benzene rings is 1. The van der Waals surface area contributed by atoms with Crippen molar-refractivity contribution in [1.82, 2.24) is 4.90 Å². The van der Waals surface area contributed by atoms with Crippen molar-refractivity contribution in [3.05, 3.63) is 52.3 Å². The van der Waals surface area contributed by atoms with Crippen molar-refractivity contribution in [3.63, 3.8) is 0 Å². The second kappa shape index (κ2) is 8.34. The number of thioether (sulfide) groups is 1. The van der Waals surface area contributed by atoms with E-state index >= 15 is 0 Å². The molecule has 1 aromatic heterocycles. The van der Waals surface area contributed by atoms with Crippen molar-refractivity contribution in [2.75, 3.05) is 18.6 Å². The first-order valence-corrected chi connectivity index (χ1v) is 8.37. The van der Waals surface area contributed by atoms with Gasteiger partial charge in [-0.3, -0.25) is 14.9 Å². The van der Waals surface area contributed by atoms with Crippen LogP contribution in [0.15, 0.2) is 40.8 Å². The van der Waals surface area contributed by atoms with Gasteiger partial charge in [-0.05, 0) is 24.3 Å². The molecule has 0 N–H and O–H groups in total. The van der Waals surface area contributed by atoms with Gasteiger partial charge in [-0.2, -0.15) is 0 Å². The van der Waals surface area contributed by atoms with Gasteiger partial charge in [-0.25, -0.2) is 0 Å². The first-order chi connectivity index (χ1) is 11.9. The van der Waals surface area contributed by atoms with Crippen molar-refractivity contribution in [2.24, 2.45) is 0 Å². The molecule has 0 saturated heterocycles. The van der Waals surface area contributed by atoms with E-state index in [0.29, 0.717) is 17.1 Å². The summed E-state index contributed by atoms with van der Waals surface area (Å²) in [4.78, 5) is 33.8. The standard InChI is InChI=1S/C16H16N2O6S/c1-17(15(19)9-25-10-16(20)21)8-13-6-7-14(24-13)11-2-4-12(5-3-11)18(22)23/h2-7H,8-10H2,1H3,(H,20,21)/p-1. The first-order valence-electron chi connectivity index (χ1n) is 7.22. The summed E-state index contributed by atoms with van der Waals surface area (Å²) in [6.07, 6.45) is 0. The van der Waals surface area contributed by atoms with Gasteiger partial charge in [0.15, 0.2) is 0 Å². The fraction of sp³-hybridized carbons (Fsp3) is 0.250. The molecule has 132 valence electrons. The lowest BCUT2D eigenvalue weighted by Crippen LogP contribution is -2.29. The summed E-state index contributed by atoms with van der Waals surface area (Å²) in [5, 5.41) is 21.0. The molecule has 0 aliphatic carbocycles. The van der Waals surface area contributed by atoms with Gasteiger partial charge in [0.1, 0.15) is 11.5 Å². The maximum atomic E-state index is 11.9. The van der Waals surface area contributed by atoms with Crippen LogP contribution in [0.3, 0.4) is 0 Å². The number of carboxylic acid groups (broad SMARTS) is 1. The highest BCUT2D eigenvalue weighted by molar-refractivity contribution is 8.00. The number of carboxylic acids is 1. The van der Waals surface area contributed by atoms with Gasteiger partial charge in [-0.15, -0.1) is 11.8 Å². The number of hydrogen-bond acceptors (Lipinski definition) is 7. The summed E-state index contributed by atoms with van der Waals surface area (Å²) in [5.74, 6) is -0.532. The van der Waals surface area contributed by atoms with Crippen molar-refractivity contribution in [3.8, 4) is 11.3 Å². The molecule has 0 fully saturated rings. The maximum absolute atomic E-state index is 11.9. The lowest BCUT2D eigenvalue weighted by atomic mass is 10.1. The van der Waals surface area contributed by atoms with Crippen LogP contribution >= 0.6 is 11.8 Å². The zero-order valence-corrected chi connectivity index (χ0v) is 14.2. The second-order valence-electron chi connectivity index (χ2n) is 5.18. The Kier molecular flexibility index (Phi) is 6.18. The molecule has 1 heterocycles. The molecular formula is C16H15N2O6S-. The van der Waals surface area contributed by atoms with Crippen LogP contribution in [0.4, 0.5) is 5.69 Å². The van der Waals surface area contributed by atoms with Crippen LogP contribution in [-0.2, 0) is 16.1 Å². The maximum Gasteiger partial charge on any atom is 0.269 e. The Balaban J connectivity index is 1.95. The number of aliphatic carboxylic acids is 1. The normalized spacial score (nSPS) is 10.4. The van der Waals surface area contributed by atoms with Gasteiger partial charge in [0.2, 0.25) is 5.91 Å². The Morgan fingerprint density at radius 1 is 1.16 bits per heavy atom. The molecule has 0 unspecified atom stereocenters. The summed E-state index contributed by atoms with van der Waals surface area (Å²) >= 11 is 0.975. The van der Waals surface area contributed by atoms with E-state index < -0.39 is 10.9 Å². The number of rotatable bonds is 8. The summed E-state index contributed by atoms with van der Waals surface area (Å²) in [7, 11) is 1.59. The molecule has 0 bridgehead atoms. The Morgan fingerprint density at radius 3 is 2.44 bits per heavy atom. The number of nitrogens with zero attached hydrogens (tertiary/aromatic N) is 2. The largest absolute Gasteiger partial charge is 0.549 e. The van der Waals surface area contributed by atoms with Crippen LogP contribution in [0.1, 0.15) is 5.76 Å². The topological polar surface area (TPSA) is 117 Å². The first kappa shape index (κ1) is 18.5. The molecule has 1 aromatic carbocycles. The highest BCUT2D eigenvalue weighted by Gasteiger charge is 2.13. The number of hydrogen-bond donors (Lipinski definition) is 0. The highest BCUT2D eigenvalue weighted by Crippen LogP contribution is 2.25. The molecule has 0 spiro atoms. The number of amides is 1. The van der Waals surface area contributed by atoms with E-state index in [2.05, 4.69) is 0 Å². The quantitative estimate of drug-likeness (QED) is 0.512. The Bertz CT molecular complexity index is 771. The molecule has 0 atom stereocenters. The number of nitro groups is 1. The van der Waals surface area contributed by atoms with Gasteiger partial charge in [0, 0.05) is 30.5 Å². The molecular weight excluding hydrogens is 348 g/mol. The predicted molar refractivity (Wildman–Crippen MR) is 89.6 cm³/mol. The van der Waals surface area contributed by atoms with Gasteiger partial charge >= 0.3 is 0 Å². The molecule has 0 saturated carbocycles. The van der Waals surface area contributed by atoms with E-state index in [0.717, 1.165) is 11.8 Å². The molecule has 0 radical (unpaired) electrons. The van der Waals surface area contributed by atoms with Crippen LogP contribution in [0, 0.1) is 10.1 Å². The van der Waals surface area contributed by atoms with Gasteiger partial charge in [-0.1, -0.05) is 0 Å². The molecule has 9 heteroatoms. The van der Waals surface area contributed by atoms with Gasteiger partial charge in [0.25, 0.3) is 5.69 Å². The molecule has 0 aliphatic rings. The average molecular weight is 363 g/mol. The van der Waals surface area contributed by atoms with Crippen LogP contribution in [0.25, 0.3) is 11.3 Å². The van der Waals surface area contributed by atoms with E-state index in [-0.39, 0.29) is 29.6 Å². The summed E-state index contributed by atoms with van der Waals surface area (Å²) in [6.45, 7) is 0.234.